The fourth-order valence-electron chi connectivity index (χ4n) is 2.05. The molecular formula is C17H14N2O4S. The number of hydrogen-bond acceptors (Lipinski definition) is 6. The van der Waals surface area contributed by atoms with Crippen molar-refractivity contribution in [1.29, 1.82) is 0 Å². The quantitative estimate of drug-likeness (QED) is 0.746. The predicted molar refractivity (Wildman–Crippen MR) is 93.6 cm³/mol. The Morgan fingerprint density at radius 1 is 1.17 bits per heavy atom. The number of benzene rings is 2. The smallest absolute Gasteiger partial charge is 0.264 e. The first-order valence-corrected chi connectivity index (χ1v) is 7.82. The number of amidine groups is 1. The molecule has 0 bridgehead atoms. The zero-order chi connectivity index (χ0) is 17.1. The summed E-state index contributed by atoms with van der Waals surface area (Å²) in [6.07, 6.45) is 1.55. The van der Waals surface area contributed by atoms with Crippen molar-refractivity contribution in [3.8, 4) is 17.2 Å². The van der Waals surface area contributed by atoms with Crippen molar-refractivity contribution in [3.63, 3.8) is 0 Å². The van der Waals surface area contributed by atoms with Crippen LogP contribution < -0.4 is 10.1 Å². The molecule has 3 N–H and O–H groups in total. The van der Waals surface area contributed by atoms with E-state index in [1.54, 1.807) is 37.5 Å². The second kappa shape index (κ2) is 6.67. The molecule has 1 aliphatic heterocycles. The highest BCUT2D eigenvalue weighted by atomic mass is 32.2. The summed E-state index contributed by atoms with van der Waals surface area (Å²) in [5.41, 5.74) is 1.13. The molecule has 0 aliphatic carbocycles. The van der Waals surface area contributed by atoms with Gasteiger partial charge in [-0.1, -0.05) is 0 Å². The summed E-state index contributed by atoms with van der Waals surface area (Å²) in [5.74, 6) is 0.293. The van der Waals surface area contributed by atoms with Gasteiger partial charge in [-0.15, -0.1) is 0 Å². The first-order chi connectivity index (χ1) is 11.5. The Hall–Kier alpha value is -2.93. The lowest BCUT2D eigenvalue weighted by molar-refractivity contribution is -0.115. The van der Waals surface area contributed by atoms with Gasteiger partial charge in [-0.05, 0) is 54.2 Å². The molecule has 0 atom stereocenters. The third-order valence-electron chi connectivity index (χ3n) is 3.25. The van der Waals surface area contributed by atoms with Gasteiger partial charge in [0, 0.05) is 11.6 Å². The Morgan fingerprint density at radius 3 is 2.58 bits per heavy atom. The molecule has 7 heteroatoms. The van der Waals surface area contributed by atoms with E-state index in [1.807, 2.05) is 0 Å². The summed E-state index contributed by atoms with van der Waals surface area (Å²) in [6.45, 7) is 0. The van der Waals surface area contributed by atoms with E-state index in [1.165, 1.54) is 30.0 Å². The number of carbonyl (C=O) groups excluding carboxylic acids is 1. The van der Waals surface area contributed by atoms with Gasteiger partial charge in [0.2, 0.25) is 0 Å². The maximum absolute atomic E-state index is 12.0. The summed E-state index contributed by atoms with van der Waals surface area (Å²) in [5, 5.41) is 22.2. The van der Waals surface area contributed by atoms with Crippen LogP contribution in [0.5, 0.6) is 17.2 Å². The van der Waals surface area contributed by atoms with Crippen LogP contribution in [0.15, 0.2) is 52.4 Å². The zero-order valence-corrected chi connectivity index (χ0v) is 13.5. The number of ether oxygens (including phenoxy) is 1. The van der Waals surface area contributed by atoms with Gasteiger partial charge in [-0.2, -0.15) is 0 Å². The third-order valence-corrected chi connectivity index (χ3v) is 4.16. The van der Waals surface area contributed by atoms with Gasteiger partial charge in [0.25, 0.3) is 5.91 Å². The minimum absolute atomic E-state index is 0.0417. The number of nitrogens with zero attached hydrogens (tertiary/aromatic N) is 1. The van der Waals surface area contributed by atoms with Crippen LogP contribution >= 0.6 is 11.8 Å². The number of carbonyl (C=O) groups is 1. The van der Waals surface area contributed by atoms with E-state index in [-0.39, 0.29) is 17.4 Å². The van der Waals surface area contributed by atoms with Gasteiger partial charge < -0.3 is 20.3 Å². The summed E-state index contributed by atoms with van der Waals surface area (Å²) in [4.78, 5) is 16.8. The normalized spacial score (nSPS) is 17.3. The molecule has 0 spiro atoms. The van der Waals surface area contributed by atoms with E-state index in [4.69, 9.17) is 4.74 Å². The van der Waals surface area contributed by atoms with Crippen LogP contribution in [0.25, 0.3) is 6.08 Å². The van der Waals surface area contributed by atoms with Crippen molar-refractivity contribution >= 4 is 34.6 Å². The lowest BCUT2D eigenvalue weighted by Gasteiger charge is -2.00. The molecule has 3 rings (SSSR count). The Balaban J connectivity index is 1.82. The average molecular weight is 342 g/mol. The van der Waals surface area contributed by atoms with Crippen molar-refractivity contribution in [2.24, 2.45) is 4.99 Å². The Bertz CT molecular complexity index is 844. The molecule has 0 saturated carbocycles. The highest BCUT2D eigenvalue weighted by Crippen LogP contribution is 2.31. The lowest BCUT2D eigenvalue weighted by Crippen LogP contribution is -2.19. The van der Waals surface area contributed by atoms with Crippen LogP contribution in [0.2, 0.25) is 0 Å². The van der Waals surface area contributed by atoms with E-state index in [2.05, 4.69) is 10.3 Å². The largest absolute Gasteiger partial charge is 0.508 e. The standard InChI is InChI=1S/C17H14N2O4S/c1-23-13-6-3-11(4-7-13)18-17-19-16(22)15(24-17)8-10-2-5-12(20)9-14(10)21/h2-9,20-21H,1H3,(H,18,19,22)/b15-8-. The topological polar surface area (TPSA) is 91.2 Å². The average Bonchev–Trinajstić information content (AvgIpc) is 2.90. The van der Waals surface area contributed by atoms with Crippen molar-refractivity contribution in [2.75, 3.05) is 7.11 Å². The van der Waals surface area contributed by atoms with Crippen molar-refractivity contribution < 1.29 is 19.7 Å². The Kier molecular flexibility index (Phi) is 4.43. The SMILES string of the molecule is COc1ccc(N=C2NC(=O)/C(=C/c3ccc(O)cc3O)S2)cc1. The number of hydrogen-bond donors (Lipinski definition) is 3. The number of rotatable bonds is 3. The number of amides is 1. The second-order valence-corrected chi connectivity index (χ2v) is 5.95. The highest BCUT2D eigenvalue weighted by Gasteiger charge is 2.24. The van der Waals surface area contributed by atoms with Crippen LogP contribution in [-0.2, 0) is 4.79 Å². The maximum atomic E-state index is 12.0. The molecule has 6 nitrogen and oxygen atoms in total. The Morgan fingerprint density at radius 2 is 1.92 bits per heavy atom. The van der Waals surface area contributed by atoms with Gasteiger partial charge in [-0.3, -0.25) is 4.79 Å². The van der Waals surface area contributed by atoms with Crippen molar-refractivity contribution in [2.45, 2.75) is 0 Å². The molecule has 122 valence electrons. The van der Waals surface area contributed by atoms with Crippen LogP contribution in [0.3, 0.4) is 0 Å². The summed E-state index contributed by atoms with van der Waals surface area (Å²) in [6, 6.07) is 11.3. The highest BCUT2D eigenvalue weighted by molar-refractivity contribution is 8.18. The molecular weight excluding hydrogens is 328 g/mol. The van der Waals surface area contributed by atoms with Crippen LogP contribution in [0.4, 0.5) is 5.69 Å². The van der Waals surface area contributed by atoms with Crippen molar-refractivity contribution in [1.82, 2.24) is 5.32 Å². The maximum Gasteiger partial charge on any atom is 0.264 e. The van der Waals surface area contributed by atoms with Gasteiger partial charge in [0.05, 0.1) is 17.7 Å². The van der Waals surface area contributed by atoms with E-state index < -0.39 is 0 Å². The fraction of sp³-hybridized carbons (Fsp3) is 0.0588. The molecule has 1 heterocycles. The van der Waals surface area contributed by atoms with E-state index in [0.717, 1.165) is 5.75 Å². The van der Waals surface area contributed by atoms with Gasteiger partial charge in [0.1, 0.15) is 17.2 Å². The molecule has 0 unspecified atom stereocenters. The first-order valence-electron chi connectivity index (χ1n) is 7.01. The molecule has 1 aliphatic rings. The molecule has 2 aromatic rings. The molecule has 1 saturated heterocycles. The van der Waals surface area contributed by atoms with Crippen LogP contribution in [-0.4, -0.2) is 28.4 Å². The molecule has 0 radical (unpaired) electrons. The van der Waals surface area contributed by atoms with Gasteiger partial charge >= 0.3 is 0 Å². The van der Waals surface area contributed by atoms with Gasteiger partial charge in [0.15, 0.2) is 5.17 Å². The van der Waals surface area contributed by atoms with Crippen molar-refractivity contribution in [3.05, 3.63) is 52.9 Å². The minimum atomic E-state index is -0.292. The van der Waals surface area contributed by atoms with E-state index >= 15 is 0 Å². The number of aliphatic imine (C=N–C) groups is 1. The van der Waals surface area contributed by atoms with Crippen LogP contribution in [0.1, 0.15) is 5.56 Å². The molecule has 1 amide bonds. The number of aromatic hydroxyl groups is 2. The lowest BCUT2D eigenvalue weighted by atomic mass is 10.2. The summed E-state index contributed by atoms with van der Waals surface area (Å²) >= 11 is 1.18. The minimum Gasteiger partial charge on any atom is -0.508 e. The third kappa shape index (κ3) is 3.52. The number of phenols is 2. The number of methoxy groups -OCH3 is 1. The summed E-state index contributed by atoms with van der Waals surface area (Å²) < 4.78 is 5.09. The molecule has 2 aromatic carbocycles. The molecule has 0 aromatic heterocycles. The number of phenolic OH excluding ortho intramolecular Hbond substituents is 2. The van der Waals surface area contributed by atoms with Gasteiger partial charge in [-0.25, -0.2) is 4.99 Å². The Labute approximate surface area is 142 Å². The number of thioether (sulfide) groups is 1. The monoisotopic (exact) mass is 342 g/mol. The molecule has 1 fully saturated rings. The van der Waals surface area contributed by atoms with Crippen LogP contribution in [0, 0.1) is 0 Å². The number of nitrogens with one attached hydrogen (secondary N) is 1. The molecule has 24 heavy (non-hydrogen) atoms. The van der Waals surface area contributed by atoms with E-state index in [0.29, 0.717) is 21.3 Å². The second-order valence-electron chi connectivity index (χ2n) is 4.92. The zero-order valence-electron chi connectivity index (χ0n) is 12.7. The first kappa shape index (κ1) is 15.9. The van der Waals surface area contributed by atoms with E-state index in [9.17, 15) is 15.0 Å². The summed E-state index contributed by atoms with van der Waals surface area (Å²) in [7, 11) is 1.59. The predicted octanol–water partition coefficient (Wildman–Crippen LogP) is 3.00. The fourth-order valence-corrected chi connectivity index (χ4v) is 2.88.